The Morgan fingerprint density at radius 3 is 2.89 bits per heavy atom. The van der Waals surface area contributed by atoms with Crippen LogP contribution in [0, 0.1) is 0 Å². The van der Waals surface area contributed by atoms with Crippen LogP contribution < -0.4 is 14.8 Å². The molecule has 1 aliphatic rings. The first kappa shape index (κ1) is 13.2. The van der Waals surface area contributed by atoms with Crippen molar-refractivity contribution in [3.8, 4) is 11.5 Å². The van der Waals surface area contributed by atoms with Gasteiger partial charge in [0.25, 0.3) is 0 Å². The normalized spacial score (nSPS) is 13.9. The van der Waals surface area contributed by atoms with Gasteiger partial charge in [0.05, 0.1) is 6.42 Å². The van der Waals surface area contributed by atoms with Crippen molar-refractivity contribution >= 4 is 11.9 Å². The van der Waals surface area contributed by atoms with E-state index >= 15 is 0 Å². The lowest BCUT2D eigenvalue weighted by molar-refractivity contribution is -0.141. The number of para-hydroxylation sites is 1. The molecule has 102 valence electrons. The number of nitrogens with one attached hydrogen (secondary N) is 1. The molecule has 1 aromatic carbocycles. The first-order valence-electron chi connectivity index (χ1n) is 6.01. The van der Waals surface area contributed by atoms with Gasteiger partial charge in [-0.1, -0.05) is 19.1 Å². The summed E-state index contributed by atoms with van der Waals surface area (Å²) in [6, 6.07) is 4.43. The summed E-state index contributed by atoms with van der Waals surface area (Å²) < 4.78 is 10.5. The molecule has 0 saturated carbocycles. The number of hydrogen-bond acceptors (Lipinski definition) is 4. The molecule has 1 unspecified atom stereocenters. The molecular weight excluding hydrogens is 250 g/mol. The van der Waals surface area contributed by atoms with E-state index in [4.69, 9.17) is 14.6 Å². The molecule has 2 N–H and O–H groups in total. The maximum Gasteiger partial charge on any atom is 0.326 e. The second-order valence-corrected chi connectivity index (χ2v) is 4.19. The maximum absolute atomic E-state index is 11.8. The Morgan fingerprint density at radius 1 is 1.42 bits per heavy atom. The predicted molar refractivity (Wildman–Crippen MR) is 66.1 cm³/mol. The maximum atomic E-state index is 11.8. The van der Waals surface area contributed by atoms with Gasteiger partial charge in [0.1, 0.15) is 6.04 Å². The van der Waals surface area contributed by atoms with Crippen molar-refractivity contribution in [2.24, 2.45) is 0 Å². The summed E-state index contributed by atoms with van der Waals surface area (Å²) in [6.45, 7) is 1.84. The van der Waals surface area contributed by atoms with E-state index in [1.165, 1.54) is 0 Å². The fraction of sp³-hybridized carbons (Fsp3) is 0.385. The Hall–Kier alpha value is -2.24. The largest absolute Gasteiger partial charge is 0.480 e. The van der Waals surface area contributed by atoms with Gasteiger partial charge in [-0.25, -0.2) is 4.79 Å². The zero-order chi connectivity index (χ0) is 13.8. The Bertz CT molecular complexity index is 500. The highest BCUT2D eigenvalue weighted by molar-refractivity contribution is 5.85. The van der Waals surface area contributed by atoms with E-state index < -0.39 is 12.0 Å². The number of hydrogen-bond donors (Lipinski definition) is 2. The molecule has 2 rings (SSSR count). The van der Waals surface area contributed by atoms with Crippen molar-refractivity contribution in [1.29, 1.82) is 0 Å². The molecule has 6 nitrogen and oxygen atoms in total. The first-order chi connectivity index (χ1) is 9.11. The monoisotopic (exact) mass is 265 g/mol. The van der Waals surface area contributed by atoms with E-state index in [-0.39, 0.29) is 19.1 Å². The molecule has 0 aliphatic carbocycles. The number of ether oxygens (including phenoxy) is 2. The second kappa shape index (κ2) is 5.60. The molecule has 1 aromatic rings. The number of rotatable bonds is 5. The van der Waals surface area contributed by atoms with Crippen molar-refractivity contribution in [1.82, 2.24) is 5.32 Å². The summed E-state index contributed by atoms with van der Waals surface area (Å²) in [5.41, 5.74) is 0.688. The first-order valence-corrected chi connectivity index (χ1v) is 6.01. The summed E-state index contributed by atoms with van der Waals surface area (Å²) in [4.78, 5) is 22.7. The molecule has 0 bridgehead atoms. The van der Waals surface area contributed by atoms with Crippen LogP contribution in [0.15, 0.2) is 18.2 Å². The van der Waals surface area contributed by atoms with E-state index in [1.807, 2.05) is 0 Å². The van der Waals surface area contributed by atoms with Gasteiger partial charge >= 0.3 is 5.97 Å². The Labute approximate surface area is 110 Å². The highest BCUT2D eigenvalue weighted by atomic mass is 16.7. The fourth-order valence-electron chi connectivity index (χ4n) is 1.89. The van der Waals surface area contributed by atoms with Crippen LogP contribution in [0.25, 0.3) is 0 Å². The lowest BCUT2D eigenvalue weighted by atomic mass is 10.1. The summed E-state index contributed by atoms with van der Waals surface area (Å²) in [5, 5.41) is 11.4. The SMILES string of the molecule is CCC(NC(=O)Cc1cccc2c1OCO2)C(=O)O. The lowest BCUT2D eigenvalue weighted by Gasteiger charge is -2.12. The minimum Gasteiger partial charge on any atom is -0.480 e. The third kappa shape index (κ3) is 2.96. The van der Waals surface area contributed by atoms with Crippen LogP contribution in [0.3, 0.4) is 0 Å². The molecule has 6 heteroatoms. The van der Waals surface area contributed by atoms with Gasteiger partial charge in [0.15, 0.2) is 11.5 Å². The lowest BCUT2D eigenvalue weighted by Crippen LogP contribution is -2.41. The molecule has 0 spiro atoms. The number of carbonyl (C=O) groups excluding carboxylic acids is 1. The molecule has 0 fully saturated rings. The number of carboxylic acids is 1. The minimum absolute atomic E-state index is 0.0658. The molecule has 1 aliphatic heterocycles. The van der Waals surface area contributed by atoms with Crippen molar-refractivity contribution < 1.29 is 24.2 Å². The van der Waals surface area contributed by atoms with Gasteiger partial charge in [-0.3, -0.25) is 4.79 Å². The van der Waals surface area contributed by atoms with Crippen LogP contribution in [0.1, 0.15) is 18.9 Å². The molecule has 1 atom stereocenters. The number of carboxylic acid groups (broad SMARTS) is 1. The zero-order valence-corrected chi connectivity index (χ0v) is 10.5. The number of fused-ring (bicyclic) bond motifs is 1. The van der Waals surface area contributed by atoms with Gasteiger partial charge in [-0.05, 0) is 12.5 Å². The van der Waals surface area contributed by atoms with Gasteiger partial charge in [0.2, 0.25) is 12.7 Å². The number of aliphatic carboxylic acids is 1. The van der Waals surface area contributed by atoms with Crippen LogP contribution in [-0.4, -0.2) is 29.8 Å². The molecule has 0 radical (unpaired) electrons. The number of amides is 1. The quantitative estimate of drug-likeness (QED) is 0.827. The molecule has 1 amide bonds. The Morgan fingerprint density at radius 2 is 2.21 bits per heavy atom. The van der Waals surface area contributed by atoms with Crippen molar-refractivity contribution in [2.45, 2.75) is 25.8 Å². The highest BCUT2D eigenvalue weighted by Gasteiger charge is 2.21. The Kier molecular flexibility index (Phi) is 3.89. The van der Waals surface area contributed by atoms with Crippen LogP contribution in [0.5, 0.6) is 11.5 Å². The zero-order valence-electron chi connectivity index (χ0n) is 10.5. The minimum atomic E-state index is -1.03. The van der Waals surface area contributed by atoms with Gasteiger partial charge in [-0.2, -0.15) is 0 Å². The molecule has 19 heavy (non-hydrogen) atoms. The predicted octanol–water partition coefficient (Wildman–Crippen LogP) is 0.937. The standard InChI is InChI=1S/C13H15NO5/c1-2-9(13(16)17)14-11(15)6-8-4-3-5-10-12(8)19-7-18-10/h3-5,9H,2,6-7H2,1H3,(H,14,15)(H,16,17). The summed E-state index contributed by atoms with van der Waals surface area (Å²) in [6.07, 6.45) is 0.407. The fourth-order valence-corrected chi connectivity index (χ4v) is 1.89. The smallest absolute Gasteiger partial charge is 0.326 e. The molecule has 1 heterocycles. The summed E-state index contributed by atoms with van der Waals surface area (Å²) in [7, 11) is 0. The third-order valence-electron chi connectivity index (χ3n) is 2.87. The molecular formula is C13H15NO5. The van der Waals surface area contributed by atoms with E-state index in [9.17, 15) is 9.59 Å². The molecule has 0 saturated heterocycles. The van der Waals surface area contributed by atoms with Crippen molar-refractivity contribution in [2.75, 3.05) is 6.79 Å². The topological polar surface area (TPSA) is 84.9 Å². The number of carbonyl (C=O) groups is 2. The van der Waals surface area contributed by atoms with Crippen molar-refractivity contribution in [3.05, 3.63) is 23.8 Å². The highest BCUT2D eigenvalue weighted by Crippen LogP contribution is 2.35. The Balaban J connectivity index is 2.04. The number of benzene rings is 1. The summed E-state index contributed by atoms with van der Waals surface area (Å²) in [5.74, 6) is -0.219. The second-order valence-electron chi connectivity index (χ2n) is 4.19. The van der Waals surface area contributed by atoms with E-state index in [1.54, 1.807) is 25.1 Å². The average Bonchev–Trinajstić information content (AvgIpc) is 2.85. The average molecular weight is 265 g/mol. The van der Waals surface area contributed by atoms with Crippen LogP contribution in [-0.2, 0) is 16.0 Å². The van der Waals surface area contributed by atoms with Crippen LogP contribution >= 0.6 is 0 Å². The summed E-state index contributed by atoms with van der Waals surface area (Å²) >= 11 is 0. The van der Waals surface area contributed by atoms with E-state index in [0.717, 1.165) is 0 Å². The van der Waals surface area contributed by atoms with Gasteiger partial charge in [-0.15, -0.1) is 0 Å². The van der Waals surface area contributed by atoms with Gasteiger partial charge < -0.3 is 19.9 Å². The van der Waals surface area contributed by atoms with Gasteiger partial charge in [0, 0.05) is 5.56 Å². The van der Waals surface area contributed by atoms with Crippen LogP contribution in [0.4, 0.5) is 0 Å². The van der Waals surface area contributed by atoms with E-state index in [2.05, 4.69) is 5.32 Å². The van der Waals surface area contributed by atoms with Crippen LogP contribution in [0.2, 0.25) is 0 Å². The third-order valence-corrected chi connectivity index (χ3v) is 2.87. The molecule has 0 aromatic heterocycles. The van der Waals surface area contributed by atoms with Crippen molar-refractivity contribution in [3.63, 3.8) is 0 Å². The van der Waals surface area contributed by atoms with E-state index in [0.29, 0.717) is 23.5 Å².